The van der Waals surface area contributed by atoms with Gasteiger partial charge in [0.05, 0.1) is 38.1 Å². The largest absolute Gasteiger partial charge is 0.463 e. The van der Waals surface area contributed by atoms with Crippen molar-refractivity contribution in [2.24, 2.45) is 5.11 Å². The van der Waals surface area contributed by atoms with Crippen LogP contribution < -0.4 is 0 Å². The standard InChI is InChI=1S/C23H27N3O6/c1-16(28)29-15-20-22(30-13-17-8-4-2-5-9-17)23(21(25-26-24)19(12-27)32-20)31-14-18-10-6-3-7-11-18/h2-11,19-23,27H,12-15H2,1H3/t19-,20?,21?,22+,23?/m0/s1. The fraction of sp³-hybridized carbons (Fsp3) is 0.435. The molecule has 1 aliphatic heterocycles. The Balaban J connectivity index is 1.86. The van der Waals surface area contributed by atoms with Crippen molar-refractivity contribution in [3.63, 3.8) is 0 Å². The Labute approximate surface area is 186 Å². The summed E-state index contributed by atoms with van der Waals surface area (Å²) in [6.07, 6.45) is -2.99. The molecular weight excluding hydrogens is 414 g/mol. The van der Waals surface area contributed by atoms with E-state index in [1.807, 2.05) is 60.7 Å². The van der Waals surface area contributed by atoms with Gasteiger partial charge in [-0.25, -0.2) is 0 Å². The van der Waals surface area contributed by atoms with Gasteiger partial charge in [-0.1, -0.05) is 65.8 Å². The van der Waals surface area contributed by atoms with Crippen molar-refractivity contribution in [2.75, 3.05) is 13.2 Å². The third-order valence-electron chi connectivity index (χ3n) is 5.14. The lowest BCUT2D eigenvalue weighted by Crippen LogP contribution is -2.60. The summed E-state index contributed by atoms with van der Waals surface area (Å²) in [5, 5.41) is 13.7. The summed E-state index contributed by atoms with van der Waals surface area (Å²) in [6, 6.07) is 18.3. The molecule has 170 valence electrons. The molecule has 0 saturated carbocycles. The first-order valence-electron chi connectivity index (χ1n) is 10.4. The molecule has 3 unspecified atom stereocenters. The average molecular weight is 441 g/mol. The van der Waals surface area contributed by atoms with Gasteiger partial charge in [0.25, 0.3) is 0 Å². The second-order valence-electron chi connectivity index (χ2n) is 7.42. The maximum absolute atomic E-state index is 11.4. The van der Waals surface area contributed by atoms with Gasteiger partial charge in [-0.05, 0) is 16.7 Å². The Morgan fingerprint density at radius 3 is 2.06 bits per heavy atom. The Kier molecular flexibility index (Phi) is 9.03. The summed E-state index contributed by atoms with van der Waals surface area (Å²) in [5.74, 6) is -0.463. The minimum absolute atomic E-state index is 0.0839. The zero-order chi connectivity index (χ0) is 22.8. The lowest BCUT2D eigenvalue weighted by Gasteiger charge is -2.44. The van der Waals surface area contributed by atoms with Crippen LogP contribution in [0, 0.1) is 0 Å². The van der Waals surface area contributed by atoms with Crippen molar-refractivity contribution in [3.05, 3.63) is 82.2 Å². The lowest BCUT2D eigenvalue weighted by atomic mass is 9.93. The highest BCUT2D eigenvalue weighted by atomic mass is 16.6. The Hall–Kier alpha value is -2.94. The predicted octanol–water partition coefficient (Wildman–Crippen LogP) is 3.16. The number of benzene rings is 2. The molecule has 32 heavy (non-hydrogen) atoms. The van der Waals surface area contributed by atoms with Crippen LogP contribution in [0.25, 0.3) is 10.4 Å². The van der Waals surface area contributed by atoms with Crippen molar-refractivity contribution in [1.29, 1.82) is 0 Å². The van der Waals surface area contributed by atoms with Gasteiger partial charge in [-0.2, -0.15) is 0 Å². The molecule has 0 radical (unpaired) electrons. The molecule has 9 nitrogen and oxygen atoms in total. The van der Waals surface area contributed by atoms with Gasteiger partial charge in [0.15, 0.2) is 0 Å². The first-order valence-corrected chi connectivity index (χ1v) is 10.4. The fourth-order valence-electron chi connectivity index (χ4n) is 3.61. The fourth-order valence-corrected chi connectivity index (χ4v) is 3.61. The molecule has 5 atom stereocenters. The average Bonchev–Trinajstić information content (AvgIpc) is 2.82. The zero-order valence-electron chi connectivity index (χ0n) is 17.8. The Morgan fingerprint density at radius 1 is 1.00 bits per heavy atom. The van der Waals surface area contributed by atoms with Gasteiger partial charge in [-0.15, -0.1) is 0 Å². The molecular formula is C23H27N3O6. The van der Waals surface area contributed by atoms with Gasteiger partial charge in [-0.3, -0.25) is 4.79 Å². The monoisotopic (exact) mass is 441 g/mol. The van der Waals surface area contributed by atoms with Crippen molar-refractivity contribution < 1.29 is 28.8 Å². The number of aliphatic hydroxyl groups excluding tert-OH is 1. The van der Waals surface area contributed by atoms with E-state index in [4.69, 9.17) is 24.5 Å². The second kappa shape index (κ2) is 12.2. The molecule has 1 heterocycles. The molecule has 0 aliphatic carbocycles. The van der Waals surface area contributed by atoms with Crippen LogP contribution in [0.1, 0.15) is 18.1 Å². The molecule has 0 bridgehead atoms. The lowest BCUT2D eigenvalue weighted by molar-refractivity contribution is -0.231. The minimum atomic E-state index is -0.830. The molecule has 3 rings (SSSR count). The minimum Gasteiger partial charge on any atom is -0.463 e. The summed E-state index contributed by atoms with van der Waals surface area (Å²) in [4.78, 5) is 14.3. The van der Waals surface area contributed by atoms with Crippen LogP contribution >= 0.6 is 0 Å². The molecule has 0 spiro atoms. The number of ether oxygens (including phenoxy) is 4. The number of esters is 1. The van der Waals surface area contributed by atoms with Crippen LogP contribution in [0.2, 0.25) is 0 Å². The first-order chi connectivity index (χ1) is 15.6. The number of rotatable bonds is 10. The van der Waals surface area contributed by atoms with E-state index in [0.29, 0.717) is 0 Å². The zero-order valence-corrected chi connectivity index (χ0v) is 17.8. The van der Waals surface area contributed by atoms with E-state index >= 15 is 0 Å². The topological polar surface area (TPSA) is 123 Å². The Bertz CT molecular complexity index is 891. The summed E-state index contributed by atoms with van der Waals surface area (Å²) < 4.78 is 23.5. The van der Waals surface area contributed by atoms with E-state index in [-0.39, 0.29) is 19.8 Å². The van der Waals surface area contributed by atoms with Crippen LogP contribution in [-0.2, 0) is 37.0 Å². The molecule has 1 aliphatic rings. The van der Waals surface area contributed by atoms with E-state index in [1.165, 1.54) is 6.92 Å². The van der Waals surface area contributed by atoms with Crippen LogP contribution in [0.5, 0.6) is 0 Å². The molecule has 2 aromatic carbocycles. The van der Waals surface area contributed by atoms with Gasteiger partial charge in [0.1, 0.15) is 18.8 Å². The summed E-state index contributed by atoms with van der Waals surface area (Å²) in [7, 11) is 0. The smallest absolute Gasteiger partial charge is 0.302 e. The molecule has 9 heteroatoms. The van der Waals surface area contributed by atoms with Gasteiger partial charge in [0, 0.05) is 11.8 Å². The molecule has 0 amide bonds. The van der Waals surface area contributed by atoms with Crippen molar-refractivity contribution in [3.8, 4) is 0 Å². The van der Waals surface area contributed by atoms with Crippen molar-refractivity contribution in [1.82, 2.24) is 0 Å². The third-order valence-corrected chi connectivity index (χ3v) is 5.14. The molecule has 1 N–H and O–H groups in total. The summed E-state index contributed by atoms with van der Waals surface area (Å²) >= 11 is 0. The van der Waals surface area contributed by atoms with E-state index in [1.54, 1.807) is 0 Å². The molecule has 2 aromatic rings. The van der Waals surface area contributed by atoms with E-state index in [9.17, 15) is 9.90 Å². The number of nitrogens with zero attached hydrogens (tertiary/aromatic N) is 3. The number of hydrogen-bond acceptors (Lipinski definition) is 7. The number of azide groups is 1. The predicted molar refractivity (Wildman–Crippen MR) is 115 cm³/mol. The van der Waals surface area contributed by atoms with Crippen LogP contribution in [0.15, 0.2) is 65.8 Å². The number of hydrogen-bond donors (Lipinski definition) is 1. The Morgan fingerprint density at radius 2 is 1.56 bits per heavy atom. The van der Waals surface area contributed by atoms with Crippen molar-refractivity contribution >= 4 is 5.97 Å². The van der Waals surface area contributed by atoms with Crippen LogP contribution in [0.3, 0.4) is 0 Å². The second-order valence-corrected chi connectivity index (χ2v) is 7.42. The highest BCUT2D eigenvalue weighted by Gasteiger charge is 2.47. The van der Waals surface area contributed by atoms with Gasteiger partial charge >= 0.3 is 5.97 Å². The quantitative estimate of drug-likeness (QED) is 0.261. The number of aliphatic hydroxyl groups is 1. The van der Waals surface area contributed by atoms with E-state index < -0.39 is 43.0 Å². The highest BCUT2D eigenvalue weighted by molar-refractivity contribution is 5.65. The molecule has 1 saturated heterocycles. The third kappa shape index (κ3) is 6.53. The summed E-state index contributed by atoms with van der Waals surface area (Å²) in [5.41, 5.74) is 11.0. The van der Waals surface area contributed by atoms with E-state index in [2.05, 4.69) is 10.0 Å². The maximum atomic E-state index is 11.4. The van der Waals surface area contributed by atoms with Gasteiger partial charge < -0.3 is 24.1 Å². The van der Waals surface area contributed by atoms with Crippen molar-refractivity contribution in [2.45, 2.75) is 50.6 Å². The molecule has 1 fully saturated rings. The SMILES string of the molecule is CC(=O)OCC1O[C@@H](CO)C(N=[N+]=[N-])C(OCc2ccccc2)[C@@H]1OCc1ccccc1. The number of carbonyl (C=O) groups excluding carboxylic acids is 1. The maximum Gasteiger partial charge on any atom is 0.302 e. The summed E-state index contributed by atoms with van der Waals surface area (Å²) in [6.45, 7) is 1.32. The highest BCUT2D eigenvalue weighted by Crippen LogP contribution is 2.30. The first kappa shape index (κ1) is 23.7. The van der Waals surface area contributed by atoms with Crippen LogP contribution in [0.4, 0.5) is 0 Å². The van der Waals surface area contributed by atoms with E-state index in [0.717, 1.165) is 11.1 Å². The number of carbonyl (C=O) groups is 1. The van der Waals surface area contributed by atoms with Gasteiger partial charge in [0.2, 0.25) is 0 Å². The van der Waals surface area contributed by atoms with Crippen LogP contribution in [-0.4, -0.2) is 54.7 Å². The molecule has 0 aromatic heterocycles. The normalized spacial score (nSPS) is 25.0.